The van der Waals surface area contributed by atoms with E-state index in [1.807, 2.05) is 0 Å². The van der Waals surface area contributed by atoms with Crippen LogP contribution in [0.1, 0.15) is 11.6 Å². The second-order valence-corrected chi connectivity index (χ2v) is 2.86. The van der Waals surface area contributed by atoms with E-state index in [4.69, 9.17) is 22.4 Å². The number of nitrogens with two attached hydrogens (primary N) is 1. The summed E-state index contributed by atoms with van der Waals surface area (Å²) in [5.74, 6) is -0.404. The Morgan fingerprint density at radius 1 is 1.58 bits per heavy atom. The second-order valence-electron chi connectivity index (χ2n) is 2.45. The van der Waals surface area contributed by atoms with E-state index in [0.717, 1.165) is 0 Å². The van der Waals surface area contributed by atoms with Crippen LogP contribution in [0.15, 0.2) is 18.2 Å². The topological polar surface area (TPSA) is 46.2 Å². The van der Waals surface area contributed by atoms with Crippen LogP contribution in [0, 0.1) is 5.82 Å². The zero-order valence-electron chi connectivity index (χ0n) is 6.30. The summed E-state index contributed by atoms with van der Waals surface area (Å²) in [6.45, 7) is -0.247. The molecule has 0 aromatic heterocycles. The highest BCUT2D eigenvalue weighted by Gasteiger charge is 2.09. The Morgan fingerprint density at radius 3 is 2.83 bits per heavy atom. The molecule has 0 amide bonds. The molecule has 1 aromatic carbocycles. The van der Waals surface area contributed by atoms with E-state index < -0.39 is 11.9 Å². The number of hydrogen-bond acceptors (Lipinski definition) is 2. The number of aliphatic hydroxyl groups excluding tert-OH is 1. The second kappa shape index (κ2) is 3.85. The number of rotatable bonds is 2. The van der Waals surface area contributed by atoms with Gasteiger partial charge in [0.2, 0.25) is 0 Å². The molecule has 1 rings (SSSR count). The van der Waals surface area contributed by atoms with Crippen LogP contribution in [0.25, 0.3) is 0 Å². The van der Waals surface area contributed by atoms with Crippen LogP contribution in [0.3, 0.4) is 0 Å². The molecule has 0 spiro atoms. The van der Waals surface area contributed by atoms with Crippen LogP contribution in [-0.2, 0) is 0 Å². The molecule has 0 saturated carbocycles. The quantitative estimate of drug-likeness (QED) is 0.740. The first-order valence-electron chi connectivity index (χ1n) is 3.46. The Bertz CT molecular complexity index is 280. The number of benzene rings is 1. The molecule has 0 aliphatic rings. The Kier molecular flexibility index (Phi) is 3.03. The number of aliphatic hydroxyl groups is 1. The van der Waals surface area contributed by atoms with E-state index in [2.05, 4.69) is 0 Å². The van der Waals surface area contributed by atoms with Crippen molar-refractivity contribution in [3.63, 3.8) is 0 Å². The first kappa shape index (κ1) is 9.45. The molecular weight excluding hydrogens is 181 g/mol. The molecule has 3 N–H and O–H groups in total. The van der Waals surface area contributed by atoms with E-state index in [1.54, 1.807) is 0 Å². The van der Waals surface area contributed by atoms with Crippen molar-refractivity contribution in [2.45, 2.75) is 6.04 Å². The summed E-state index contributed by atoms with van der Waals surface area (Å²) < 4.78 is 12.6. The van der Waals surface area contributed by atoms with Crippen molar-refractivity contribution in [1.82, 2.24) is 0 Å². The third-order valence-electron chi connectivity index (χ3n) is 1.55. The van der Waals surface area contributed by atoms with Crippen LogP contribution >= 0.6 is 11.6 Å². The van der Waals surface area contributed by atoms with Gasteiger partial charge in [-0.2, -0.15) is 0 Å². The van der Waals surface area contributed by atoms with Crippen molar-refractivity contribution >= 4 is 11.6 Å². The molecule has 0 bridgehead atoms. The van der Waals surface area contributed by atoms with Gasteiger partial charge in [0.25, 0.3) is 0 Å². The lowest BCUT2D eigenvalue weighted by atomic mass is 10.1. The summed E-state index contributed by atoms with van der Waals surface area (Å²) in [5.41, 5.74) is 5.89. The van der Waals surface area contributed by atoms with Gasteiger partial charge >= 0.3 is 0 Å². The largest absolute Gasteiger partial charge is 0.394 e. The fourth-order valence-corrected chi connectivity index (χ4v) is 1.15. The molecule has 4 heteroatoms. The number of hydrogen-bond donors (Lipinski definition) is 2. The van der Waals surface area contributed by atoms with Crippen LogP contribution in [0.5, 0.6) is 0 Å². The third-order valence-corrected chi connectivity index (χ3v) is 1.90. The SMILES string of the molecule is N[C@@H](CO)c1cc(F)ccc1Cl. The fourth-order valence-electron chi connectivity index (χ4n) is 0.897. The van der Waals surface area contributed by atoms with Crippen molar-refractivity contribution in [1.29, 1.82) is 0 Å². The minimum absolute atomic E-state index is 0.247. The van der Waals surface area contributed by atoms with E-state index in [0.29, 0.717) is 10.6 Å². The molecule has 0 aliphatic heterocycles. The zero-order valence-corrected chi connectivity index (χ0v) is 7.05. The van der Waals surface area contributed by atoms with Crippen molar-refractivity contribution in [3.05, 3.63) is 34.6 Å². The van der Waals surface area contributed by atoms with E-state index in [1.165, 1.54) is 18.2 Å². The smallest absolute Gasteiger partial charge is 0.123 e. The Labute approximate surface area is 74.8 Å². The van der Waals surface area contributed by atoms with Crippen molar-refractivity contribution in [2.24, 2.45) is 5.73 Å². The van der Waals surface area contributed by atoms with E-state index >= 15 is 0 Å². The molecule has 1 atom stereocenters. The lowest BCUT2D eigenvalue weighted by molar-refractivity contribution is 0.268. The van der Waals surface area contributed by atoms with Gasteiger partial charge in [0.15, 0.2) is 0 Å². The van der Waals surface area contributed by atoms with Crippen molar-refractivity contribution in [3.8, 4) is 0 Å². The predicted molar refractivity (Wildman–Crippen MR) is 45.4 cm³/mol. The average Bonchev–Trinajstić information content (AvgIpc) is 2.08. The normalized spacial score (nSPS) is 13.0. The molecule has 2 nitrogen and oxygen atoms in total. The predicted octanol–water partition coefficient (Wildman–Crippen LogP) is 1.47. The van der Waals surface area contributed by atoms with Crippen LogP contribution in [-0.4, -0.2) is 11.7 Å². The maximum atomic E-state index is 12.6. The molecule has 0 heterocycles. The van der Waals surface area contributed by atoms with Gasteiger partial charge in [-0.3, -0.25) is 0 Å². The molecule has 12 heavy (non-hydrogen) atoms. The van der Waals surface area contributed by atoms with Gasteiger partial charge in [-0.25, -0.2) is 4.39 Å². The summed E-state index contributed by atoms with van der Waals surface area (Å²) >= 11 is 5.71. The summed E-state index contributed by atoms with van der Waals surface area (Å²) in [6.07, 6.45) is 0. The zero-order chi connectivity index (χ0) is 9.14. The lowest BCUT2D eigenvalue weighted by Gasteiger charge is -2.09. The van der Waals surface area contributed by atoms with Gasteiger partial charge in [-0.15, -0.1) is 0 Å². The van der Waals surface area contributed by atoms with Crippen LogP contribution in [0.4, 0.5) is 4.39 Å². The highest BCUT2D eigenvalue weighted by Crippen LogP contribution is 2.21. The van der Waals surface area contributed by atoms with Gasteiger partial charge < -0.3 is 10.8 Å². The number of halogens is 2. The average molecular weight is 190 g/mol. The molecule has 66 valence electrons. The van der Waals surface area contributed by atoms with Gasteiger partial charge in [-0.1, -0.05) is 11.6 Å². The van der Waals surface area contributed by atoms with Gasteiger partial charge in [0, 0.05) is 5.02 Å². The minimum atomic E-state index is -0.617. The summed E-state index contributed by atoms with van der Waals surface area (Å²) in [7, 11) is 0. The Morgan fingerprint density at radius 2 is 2.25 bits per heavy atom. The minimum Gasteiger partial charge on any atom is -0.394 e. The first-order chi connectivity index (χ1) is 5.65. The van der Waals surface area contributed by atoms with Crippen LogP contribution < -0.4 is 5.73 Å². The highest BCUT2D eigenvalue weighted by molar-refractivity contribution is 6.31. The van der Waals surface area contributed by atoms with Crippen molar-refractivity contribution < 1.29 is 9.50 Å². The van der Waals surface area contributed by atoms with Crippen molar-refractivity contribution in [2.75, 3.05) is 6.61 Å². The standard InChI is InChI=1S/C8H9ClFNO/c9-7-2-1-5(10)3-6(7)8(11)4-12/h1-3,8,12H,4,11H2/t8-/m0/s1. The third kappa shape index (κ3) is 1.94. The molecule has 0 unspecified atom stereocenters. The monoisotopic (exact) mass is 189 g/mol. The summed E-state index contributed by atoms with van der Waals surface area (Å²) in [4.78, 5) is 0. The molecule has 0 saturated heterocycles. The van der Waals surface area contributed by atoms with E-state index in [9.17, 15) is 4.39 Å². The van der Waals surface area contributed by atoms with Gasteiger partial charge in [0.05, 0.1) is 12.6 Å². The molecule has 1 aromatic rings. The first-order valence-corrected chi connectivity index (χ1v) is 3.84. The fraction of sp³-hybridized carbons (Fsp3) is 0.250. The maximum Gasteiger partial charge on any atom is 0.123 e. The highest BCUT2D eigenvalue weighted by atomic mass is 35.5. The molecule has 0 aliphatic carbocycles. The Hall–Kier alpha value is -0.640. The Balaban J connectivity index is 3.04. The molecular formula is C8H9ClFNO. The lowest BCUT2D eigenvalue weighted by Crippen LogP contribution is -2.15. The summed E-state index contributed by atoms with van der Waals surface area (Å²) in [5, 5.41) is 9.07. The maximum absolute atomic E-state index is 12.6. The van der Waals surface area contributed by atoms with E-state index in [-0.39, 0.29) is 6.61 Å². The molecule has 0 fully saturated rings. The van der Waals surface area contributed by atoms with Gasteiger partial charge in [-0.05, 0) is 23.8 Å². The molecule has 0 radical (unpaired) electrons. The van der Waals surface area contributed by atoms with Gasteiger partial charge in [0.1, 0.15) is 5.82 Å². The van der Waals surface area contributed by atoms with Crippen LogP contribution in [0.2, 0.25) is 5.02 Å². The summed E-state index contributed by atoms with van der Waals surface area (Å²) in [6, 6.07) is 3.27.